The first-order valence-corrected chi connectivity index (χ1v) is 8.19. The van der Waals surface area contributed by atoms with Gasteiger partial charge in [-0.3, -0.25) is 0 Å². The first-order valence-electron chi connectivity index (χ1n) is 6.61. The van der Waals surface area contributed by atoms with Crippen LogP contribution >= 0.6 is 0 Å². The van der Waals surface area contributed by atoms with Gasteiger partial charge in [-0.1, -0.05) is 27.5 Å². The Hall–Kier alpha value is -2.12. The summed E-state index contributed by atoms with van der Waals surface area (Å²) in [6.07, 6.45) is 3.52. The Bertz CT molecular complexity index is 830. The summed E-state index contributed by atoms with van der Waals surface area (Å²) in [6, 6.07) is 9.69. The number of nitrogens with one attached hydrogen (secondary N) is 1. The van der Waals surface area contributed by atoms with E-state index >= 15 is 0 Å². The Morgan fingerprint density at radius 3 is 2.81 bits per heavy atom. The van der Waals surface area contributed by atoms with Gasteiger partial charge in [-0.05, 0) is 24.4 Å². The zero-order valence-corrected chi connectivity index (χ0v) is 12.6. The average Bonchev–Trinajstić information content (AvgIpc) is 2.49. The highest BCUT2D eigenvalue weighted by Crippen LogP contribution is 2.28. The van der Waals surface area contributed by atoms with Gasteiger partial charge in [0.15, 0.2) is 5.70 Å². The molecular formula is C14H16N3O3S+. The van der Waals surface area contributed by atoms with E-state index in [4.69, 9.17) is 4.28 Å². The van der Waals surface area contributed by atoms with Crippen molar-refractivity contribution in [1.29, 1.82) is 0 Å². The molecule has 0 radical (unpaired) electrons. The number of anilines is 1. The molecule has 1 aliphatic rings. The summed E-state index contributed by atoms with van der Waals surface area (Å²) in [5.41, 5.74) is 3.73. The molecule has 21 heavy (non-hydrogen) atoms. The Balaban J connectivity index is 2.20. The summed E-state index contributed by atoms with van der Waals surface area (Å²) in [5, 5.41) is 3.24. The van der Waals surface area contributed by atoms with Crippen LogP contribution in [0.15, 0.2) is 48.4 Å². The molecule has 0 bridgehead atoms. The van der Waals surface area contributed by atoms with Crippen molar-refractivity contribution >= 4 is 26.7 Å². The van der Waals surface area contributed by atoms with Gasteiger partial charge in [-0.2, -0.15) is 8.42 Å². The minimum atomic E-state index is -3.62. The summed E-state index contributed by atoms with van der Waals surface area (Å²) in [7, 11) is -3.62. The highest BCUT2D eigenvalue weighted by molar-refractivity contribution is 7.86. The maximum Gasteiger partial charge on any atom is 0.345 e. The molecule has 0 unspecified atom stereocenters. The van der Waals surface area contributed by atoms with Gasteiger partial charge in [0, 0.05) is 6.92 Å². The monoisotopic (exact) mass is 306 g/mol. The van der Waals surface area contributed by atoms with Crippen molar-refractivity contribution in [2.24, 2.45) is 0 Å². The van der Waals surface area contributed by atoms with Crippen molar-refractivity contribution in [3.05, 3.63) is 48.4 Å². The van der Waals surface area contributed by atoms with Crippen LogP contribution in [0.4, 0.5) is 5.82 Å². The molecule has 3 rings (SSSR count). The van der Waals surface area contributed by atoms with Crippen LogP contribution in [0.2, 0.25) is 0 Å². The van der Waals surface area contributed by atoms with Crippen LogP contribution < -0.4 is 15.2 Å². The zero-order valence-electron chi connectivity index (χ0n) is 11.8. The molecule has 0 fully saturated rings. The average molecular weight is 306 g/mol. The summed E-state index contributed by atoms with van der Waals surface area (Å²) in [4.78, 5) is 0. The lowest BCUT2D eigenvalue weighted by molar-refractivity contribution is -0.633. The van der Waals surface area contributed by atoms with Crippen molar-refractivity contribution in [3.63, 3.8) is 0 Å². The Morgan fingerprint density at radius 1 is 1.29 bits per heavy atom. The third-order valence-corrected chi connectivity index (χ3v) is 4.38. The number of hydroxylamine groups is 1. The lowest BCUT2D eigenvalue weighted by Gasteiger charge is -2.21. The first-order chi connectivity index (χ1) is 10.0. The van der Waals surface area contributed by atoms with Crippen LogP contribution in [-0.2, 0) is 14.4 Å². The molecule has 2 aromatic rings. The van der Waals surface area contributed by atoms with Gasteiger partial charge >= 0.3 is 15.9 Å². The quantitative estimate of drug-likeness (QED) is 0.873. The third-order valence-electron chi connectivity index (χ3n) is 3.30. The fourth-order valence-corrected chi connectivity index (χ4v) is 2.68. The van der Waals surface area contributed by atoms with Gasteiger partial charge in [0.05, 0.1) is 17.3 Å². The molecule has 6 nitrogen and oxygen atoms in total. The van der Waals surface area contributed by atoms with E-state index in [2.05, 4.69) is 5.43 Å². The van der Waals surface area contributed by atoms with E-state index < -0.39 is 10.1 Å². The lowest BCUT2D eigenvalue weighted by atomic mass is 10.1. The standard InChI is InChI=1S/C14H16N3O3S/c1-3-21(18,19)20-17-11(2)10-15-16-9-8-12-6-4-5-7-13(12)14(16)17/h4-10,15H,3H2,1-2H3/q+1. The van der Waals surface area contributed by atoms with Crippen molar-refractivity contribution < 1.29 is 17.4 Å². The molecule has 0 amide bonds. The fraction of sp³-hybridized carbons (Fsp3) is 0.214. The van der Waals surface area contributed by atoms with Crippen molar-refractivity contribution in [2.75, 3.05) is 16.2 Å². The molecular weight excluding hydrogens is 290 g/mol. The molecule has 0 saturated carbocycles. The second kappa shape index (κ2) is 5.01. The molecule has 1 N–H and O–H groups in total. The topological polar surface area (TPSA) is 62.5 Å². The predicted molar refractivity (Wildman–Crippen MR) is 80.3 cm³/mol. The minimum Gasteiger partial charge on any atom is -0.227 e. The molecule has 110 valence electrons. The second-order valence-electron chi connectivity index (χ2n) is 4.73. The number of hydrogen-bond acceptors (Lipinski definition) is 5. The number of aromatic nitrogens is 1. The molecule has 1 aromatic carbocycles. The summed E-state index contributed by atoms with van der Waals surface area (Å²) in [5.74, 6) is 0.541. The van der Waals surface area contributed by atoms with E-state index in [0.29, 0.717) is 11.5 Å². The Labute approximate surface area is 123 Å². The molecule has 0 saturated heterocycles. The van der Waals surface area contributed by atoms with Crippen LogP contribution in [0.5, 0.6) is 0 Å². The molecule has 0 aliphatic carbocycles. The van der Waals surface area contributed by atoms with Gasteiger partial charge in [0.2, 0.25) is 0 Å². The number of hydrogen-bond donors (Lipinski definition) is 1. The van der Waals surface area contributed by atoms with Crippen LogP contribution in [0.25, 0.3) is 10.8 Å². The summed E-state index contributed by atoms with van der Waals surface area (Å²) < 4.78 is 30.7. The van der Waals surface area contributed by atoms with Gasteiger partial charge in [-0.25, -0.2) is 5.43 Å². The largest absolute Gasteiger partial charge is 0.345 e. The molecule has 0 atom stereocenters. The molecule has 7 heteroatoms. The van der Waals surface area contributed by atoms with E-state index in [1.807, 2.05) is 36.5 Å². The third kappa shape index (κ3) is 2.45. The highest BCUT2D eigenvalue weighted by Gasteiger charge is 2.34. The number of allylic oxidation sites excluding steroid dienone is 1. The first kappa shape index (κ1) is 13.8. The summed E-state index contributed by atoms with van der Waals surface area (Å²) in [6.45, 7) is 3.33. The normalized spacial score (nSPS) is 14.6. The maximum atomic E-state index is 11.8. The van der Waals surface area contributed by atoms with Crippen molar-refractivity contribution in [2.45, 2.75) is 13.8 Å². The van der Waals surface area contributed by atoms with Gasteiger partial charge in [0.1, 0.15) is 6.20 Å². The molecule has 1 aromatic heterocycles. The number of nitrogens with zero attached hydrogens (tertiary/aromatic N) is 2. The molecule has 2 heterocycles. The number of pyridine rings is 1. The van der Waals surface area contributed by atoms with Gasteiger partial charge in [-0.15, -0.1) is 4.68 Å². The number of rotatable bonds is 3. The van der Waals surface area contributed by atoms with E-state index in [0.717, 1.165) is 10.8 Å². The SMILES string of the molecule is CCS(=O)(=O)ON1C(C)=CN[n+]2ccc3ccccc3c21. The van der Waals surface area contributed by atoms with Crippen LogP contribution in [0.3, 0.4) is 0 Å². The molecule has 0 spiro atoms. The fourth-order valence-electron chi connectivity index (χ4n) is 2.16. The van der Waals surface area contributed by atoms with Crippen LogP contribution in [-0.4, -0.2) is 14.2 Å². The van der Waals surface area contributed by atoms with Crippen LogP contribution in [0.1, 0.15) is 13.8 Å². The summed E-state index contributed by atoms with van der Waals surface area (Å²) >= 11 is 0. The van der Waals surface area contributed by atoms with E-state index in [-0.39, 0.29) is 5.75 Å². The van der Waals surface area contributed by atoms with Crippen molar-refractivity contribution in [1.82, 2.24) is 0 Å². The molecule has 1 aliphatic heterocycles. The second-order valence-corrected chi connectivity index (χ2v) is 6.57. The van der Waals surface area contributed by atoms with E-state index in [1.54, 1.807) is 24.7 Å². The number of benzene rings is 1. The lowest BCUT2D eigenvalue weighted by Crippen LogP contribution is -2.51. The van der Waals surface area contributed by atoms with Gasteiger partial charge < -0.3 is 0 Å². The van der Waals surface area contributed by atoms with Crippen LogP contribution in [0, 0.1) is 0 Å². The highest BCUT2D eigenvalue weighted by atomic mass is 32.2. The maximum absolute atomic E-state index is 11.8. The van der Waals surface area contributed by atoms with E-state index in [9.17, 15) is 8.42 Å². The zero-order chi connectivity index (χ0) is 15.0. The number of fused-ring (bicyclic) bond motifs is 3. The Kier molecular flexibility index (Phi) is 3.30. The smallest absolute Gasteiger partial charge is 0.227 e. The van der Waals surface area contributed by atoms with E-state index in [1.165, 1.54) is 5.06 Å². The van der Waals surface area contributed by atoms with Gasteiger partial charge in [0.25, 0.3) is 0 Å². The Morgan fingerprint density at radius 2 is 2.05 bits per heavy atom. The predicted octanol–water partition coefficient (Wildman–Crippen LogP) is 1.63. The van der Waals surface area contributed by atoms with Crippen molar-refractivity contribution in [3.8, 4) is 0 Å². The minimum absolute atomic E-state index is 0.0883.